The van der Waals surface area contributed by atoms with Crippen molar-refractivity contribution in [2.75, 3.05) is 13.2 Å². The summed E-state index contributed by atoms with van der Waals surface area (Å²) in [4.78, 5) is 30.4. The van der Waals surface area contributed by atoms with Crippen LogP contribution < -0.4 is 5.30 Å². The molecule has 0 fully saturated rings. The topological polar surface area (TPSA) is 95.7 Å². The van der Waals surface area contributed by atoms with Crippen LogP contribution in [0, 0.1) is 0 Å². The second-order valence-corrected chi connectivity index (χ2v) is 8.20. The van der Waals surface area contributed by atoms with E-state index in [1.807, 2.05) is 6.07 Å². The van der Waals surface area contributed by atoms with Crippen molar-refractivity contribution in [2.45, 2.75) is 13.8 Å². The second-order valence-electron chi connectivity index (χ2n) is 6.24. The van der Waals surface area contributed by atoms with Gasteiger partial charge >= 0.3 is 7.60 Å². The molecule has 1 aliphatic carbocycles. The molecular weight excluding hydrogens is 393 g/mol. The zero-order valence-corrected chi connectivity index (χ0v) is 16.8. The number of benzene rings is 1. The summed E-state index contributed by atoms with van der Waals surface area (Å²) >= 11 is 0. The Labute approximate surface area is 167 Å². The summed E-state index contributed by atoms with van der Waals surface area (Å²) in [5.41, 5.74) is 0.582. The molecular formula is C21H18NO6P. The third kappa shape index (κ3) is 3.08. The van der Waals surface area contributed by atoms with Gasteiger partial charge in [0.2, 0.25) is 11.6 Å². The molecule has 0 amide bonds. The van der Waals surface area contributed by atoms with Crippen LogP contribution in [-0.2, 0) is 13.6 Å². The highest BCUT2D eigenvalue weighted by Gasteiger charge is 2.45. The van der Waals surface area contributed by atoms with Gasteiger partial charge in [-0.2, -0.15) is 0 Å². The van der Waals surface area contributed by atoms with Crippen molar-refractivity contribution in [3.63, 3.8) is 0 Å². The number of hydrogen-bond donors (Lipinski definition) is 0. The lowest BCUT2D eigenvalue weighted by Crippen LogP contribution is -2.27. The Morgan fingerprint density at radius 3 is 2.28 bits per heavy atom. The first-order valence-electron chi connectivity index (χ1n) is 9.18. The van der Waals surface area contributed by atoms with E-state index < -0.39 is 19.2 Å². The van der Waals surface area contributed by atoms with Crippen molar-refractivity contribution in [3.8, 4) is 11.3 Å². The molecule has 29 heavy (non-hydrogen) atoms. The van der Waals surface area contributed by atoms with E-state index in [-0.39, 0.29) is 46.9 Å². The predicted octanol–water partition coefficient (Wildman–Crippen LogP) is 4.01. The molecule has 0 spiro atoms. The van der Waals surface area contributed by atoms with Crippen molar-refractivity contribution in [2.24, 2.45) is 0 Å². The molecule has 0 unspecified atom stereocenters. The summed E-state index contributed by atoms with van der Waals surface area (Å²) in [6, 6.07) is 11.9. The first-order valence-corrected chi connectivity index (χ1v) is 10.7. The maximum atomic E-state index is 13.7. The summed E-state index contributed by atoms with van der Waals surface area (Å²) < 4.78 is 30.6. The molecule has 4 rings (SSSR count). The Balaban J connectivity index is 2.06. The number of fused-ring (bicyclic) bond motifs is 2. The molecule has 2 heterocycles. The van der Waals surface area contributed by atoms with Crippen molar-refractivity contribution in [1.82, 2.24) is 4.98 Å². The zero-order chi connectivity index (χ0) is 20.6. The quantitative estimate of drug-likeness (QED) is 0.442. The molecule has 0 saturated carbocycles. The summed E-state index contributed by atoms with van der Waals surface area (Å²) in [6.07, 6.45) is 1.43. The monoisotopic (exact) mass is 411 g/mol. The van der Waals surface area contributed by atoms with Gasteiger partial charge in [-0.1, -0.05) is 30.3 Å². The number of carbonyl (C=O) groups excluding carboxylic acids is 2. The molecule has 0 N–H and O–H groups in total. The number of ketones is 2. The van der Waals surface area contributed by atoms with Crippen molar-refractivity contribution >= 4 is 24.5 Å². The van der Waals surface area contributed by atoms with Crippen LogP contribution in [0.4, 0.5) is 0 Å². The summed E-state index contributed by atoms with van der Waals surface area (Å²) in [5, 5.41) is -0.0305. The average Bonchev–Trinajstić information content (AvgIpc) is 3.15. The Bertz CT molecular complexity index is 1140. The number of furan rings is 1. The predicted molar refractivity (Wildman–Crippen MR) is 106 cm³/mol. The van der Waals surface area contributed by atoms with Crippen LogP contribution in [0.5, 0.6) is 0 Å². The molecule has 1 aromatic carbocycles. The molecule has 3 aromatic rings. The van der Waals surface area contributed by atoms with E-state index in [0.717, 1.165) is 0 Å². The molecule has 8 heteroatoms. The molecule has 2 aromatic heterocycles. The van der Waals surface area contributed by atoms with E-state index in [9.17, 15) is 14.2 Å². The molecule has 148 valence electrons. The first-order chi connectivity index (χ1) is 14.0. The SMILES string of the molecule is CCOP(=O)(OCC)c1c(-c2ccccc2)oc2c1C(=O)c1ncccc1C2=O. The number of pyridine rings is 1. The minimum Gasteiger partial charge on any atom is -0.451 e. The second kappa shape index (κ2) is 7.52. The fourth-order valence-corrected chi connectivity index (χ4v) is 5.27. The lowest BCUT2D eigenvalue weighted by molar-refractivity contribution is 0.0957. The summed E-state index contributed by atoms with van der Waals surface area (Å²) in [6.45, 7) is 3.51. The van der Waals surface area contributed by atoms with E-state index in [0.29, 0.717) is 5.56 Å². The zero-order valence-electron chi connectivity index (χ0n) is 15.9. The summed E-state index contributed by atoms with van der Waals surface area (Å²) in [5.74, 6) is -1.10. The molecule has 7 nitrogen and oxygen atoms in total. The average molecular weight is 411 g/mol. The third-order valence-electron chi connectivity index (χ3n) is 4.49. The van der Waals surface area contributed by atoms with E-state index in [1.165, 1.54) is 12.3 Å². The molecule has 0 aliphatic heterocycles. The maximum Gasteiger partial charge on any atom is 0.366 e. The smallest absolute Gasteiger partial charge is 0.366 e. The standard InChI is InChI=1S/C21H18NO6P/c1-3-26-29(25,27-4-2)21-15-18(24)16-14(11-8-12-22-16)17(23)20(15)28-19(21)13-9-6-5-7-10-13/h5-12H,3-4H2,1-2H3. The Kier molecular flexibility index (Phi) is 5.04. The van der Waals surface area contributed by atoms with E-state index in [1.54, 1.807) is 44.2 Å². The van der Waals surface area contributed by atoms with Gasteiger partial charge in [0.05, 0.1) is 24.3 Å². The normalized spacial score (nSPS) is 13.3. The van der Waals surface area contributed by atoms with Gasteiger partial charge in [0.25, 0.3) is 0 Å². The van der Waals surface area contributed by atoms with Crippen LogP contribution in [0.2, 0.25) is 0 Å². The number of nitrogens with zero attached hydrogens (tertiary/aromatic N) is 1. The van der Waals surface area contributed by atoms with Gasteiger partial charge < -0.3 is 13.5 Å². The van der Waals surface area contributed by atoms with Gasteiger partial charge in [-0.25, -0.2) is 0 Å². The fourth-order valence-electron chi connectivity index (χ4n) is 3.36. The number of hydrogen-bond acceptors (Lipinski definition) is 7. The van der Waals surface area contributed by atoms with Crippen LogP contribution >= 0.6 is 7.60 Å². The van der Waals surface area contributed by atoms with Gasteiger partial charge in [0.1, 0.15) is 11.0 Å². The Morgan fingerprint density at radius 2 is 1.62 bits per heavy atom. The van der Waals surface area contributed by atoms with Crippen molar-refractivity contribution < 1.29 is 27.6 Å². The van der Waals surface area contributed by atoms with Crippen LogP contribution in [0.3, 0.4) is 0 Å². The van der Waals surface area contributed by atoms with Crippen LogP contribution in [0.25, 0.3) is 11.3 Å². The maximum absolute atomic E-state index is 13.7. The Hall–Kier alpha value is -2.86. The minimum absolute atomic E-state index is 0.00814. The highest BCUT2D eigenvalue weighted by molar-refractivity contribution is 7.62. The lowest BCUT2D eigenvalue weighted by Gasteiger charge is -2.19. The molecule has 0 radical (unpaired) electrons. The number of aromatic nitrogens is 1. The highest BCUT2D eigenvalue weighted by atomic mass is 31.2. The Morgan fingerprint density at radius 1 is 0.931 bits per heavy atom. The van der Waals surface area contributed by atoms with Gasteiger partial charge in [-0.15, -0.1) is 0 Å². The van der Waals surface area contributed by atoms with Crippen molar-refractivity contribution in [3.05, 3.63) is 71.2 Å². The molecule has 0 saturated heterocycles. The first kappa shape index (κ1) is 19.5. The molecule has 0 bridgehead atoms. The largest absolute Gasteiger partial charge is 0.451 e. The third-order valence-corrected chi connectivity index (χ3v) is 6.66. The van der Waals surface area contributed by atoms with E-state index >= 15 is 0 Å². The van der Waals surface area contributed by atoms with Gasteiger partial charge in [-0.05, 0) is 26.0 Å². The molecule has 0 atom stereocenters. The molecule has 1 aliphatic rings. The summed E-state index contributed by atoms with van der Waals surface area (Å²) in [7, 11) is -3.96. The van der Waals surface area contributed by atoms with Gasteiger partial charge in [0.15, 0.2) is 11.5 Å². The number of rotatable bonds is 6. The van der Waals surface area contributed by atoms with Crippen LogP contribution in [0.15, 0.2) is 53.1 Å². The van der Waals surface area contributed by atoms with Gasteiger partial charge in [0, 0.05) is 11.8 Å². The highest BCUT2D eigenvalue weighted by Crippen LogP contribution is 2.52. The van der Waals surface area contributed by atoms with Crippen LogP contribution in [-0.4, -0.2) is 29.8 Å². The lowest BCUT2D eigenvalue weighted by atomic mass is 9.92. The van der Waals surface area contributed by atoms with E-state index in [4.69, 9.17) is 13.5 Å². The number of carbonyl (C=O) groups is 2. The van der Waals surface area contributed by atoms with Crippen LogP contribution in [0.1, 0.15) is 46.0 Å². The fraction of sp³-hybridized carbons (Fsp3) is 0.190. The minimum atomic E-state index is -3.96. The van der Waals surface area contributed by atoms with Crippen molar-refractivity contribution in [1.29, 1.82) is 0 Å². The van der Waals surface area contributed by atoms with E-state index in [2.05, 4.69) is 4.98 Å². The van der Waals surface area contributed by atoms with Gasteiger partial charge in [-0.3, -0.25) is 19.1 Å².